The van der Waals surface area contributed by atoms with E-state index in [0.29, 0.717) is 18.4 Å². The Balaban J connectivity index is 0.000000282. The van der Waals surface area contributed by atoms with Gasteiger partial charge in [-0.05, 0) is 51.7 Å². The van der Waals surface area contributed by atoms with Gasteiger partial charge in [-0.15, -0.1) is 0 Å². The second-order valence-corrected chi connectivity index (χ2v) is 9.61. The van der Waals surface area contributed by atoms with Gasteiger partial charge in [0.1, 0.15) is 6.61 Å². The Bertz CT molecular complexity index is 1840. The number of benzene rings is 5. The molecule has 0 aromatic heterocycles. The predicted molar refractivity (Wildman–Crippen MR) is 172 cm³/mol. The number of aliphatic imine (C=N–C) groups is 1. The second-order valence-electron chi connectivity index (χ2n) is 9.61. The number of fused-ring (bicyclic) bond motifs is 3. The Hall–Kier alpha value is -5.22. The van der Waals surface area contributed by atoms with Crippen molar-refractivity contribution in [1.82, 2.24) is 0 Å². The van der Waals surface area contributed by atoms with Crippen LogP contribution in [0.5, 0.6) is 0 Å². The van der Waals surface area contributed by atoms with Crippen molar-refractivity contribution in [3.63, 3.8) is 0 Å². The molecule has 0 unspecified atom stereocenters. The topological polar surface area (TPSA) is 54.7 Å². The average Bonchev–Trinajstić information content (AvgIpc) is 3.41. The third-order valence-electron chi connectivity index (χ3n) is 7.18. The Morgan fingerprint density at radius 2 is 1.41 bits per heavy atom. The standard InChI is InChI=1S/C29H25NO.C8H7NO/c1-5-20(3)23(6-2)29(31-4)30-27-19-18-22-13-8-10-16-25(22)28(27)26-17-11-14-21-12-7-9-15-24(21)26;9-8-7-4-2-1-3-6(7)5-10-8/h5-19H,1-2H2,3-4H3;1-4,9H,5H2/b23-20+,30-29?;. The van der Waals surface area contributed by atoms with E-state index in [1.165, 1.54) is 16.2 Å². The Morgan fingerprint density at radius 1 is 0.780 bits per heavy atom. The lowest BCUT2D eigenvalue weighted by Gasteiger charge is -2.15. The number of allylic oxidation sites excluding steroid dienone is 2. The van der Waals surface area contributed by atoms with Gasteiger partial charge in [-0.3, -0.25) is 5.41 Å². The highest BCUT2D eigenvalue weighted by atomic mass is 16.5. The fraction of sp³-hybridized carbons (Fsp3) is 0.0811. The van der Waals surface area contributed by atoms with Gasteiger partial charge in [0.25, 0.3) is 0 Å². The molecule has 202 valence electrons. The number of methoxy groups -OCH3 is 1. The molecule has 1 heterocycles. The monoisotopic (exact) mass is 536 g/mol. The van der Waals surface area contributed by atoms with E-state index in [1.807, 2.05) is 31.2 Å². The van der Waals surface area contributed by atoms with Crippen molar-refractivity contribution in [2.24, 2.45) is 4.99 Å². The molecule has 0 saturated carbocycles. The summed E-state index contributed by atoms with van der Waals surface area (Å²) >= 11 is 0. The first-order valence-corrected chi connectivity index (χ1v) is 13.4. The zero-order valence-corrected chi connectivity index (χ0v) is 23.4. The zero-order chi connectivity index (χ0) is 28.8. The maximum absolute atomic E-state index is 7.31. The maximum atomic E-state index is 7.31. The van der Waals surface area contributed by atoms with Crippen LogP contribution in [0.4, 0.5) is 5.69 Å². The summed E-state index contributed by atoms with van der Waals surface area (Å²) in [6, 6.07) is 35.2. The quantitative estimate of drug-likeness (QED) is 0.138. The molecule has 1 N–H and O–H groups in total. The minimum atomic E-state index is 0.301. The van der Waals surface area contributed by atoms with Crippen LogP contribution in [0.3, 0.4) is 0 Å². The third kappa shape index (κ3) is 5.59. The maximum Gasteiger partial charge on any atom is 0.221 e. The summed E-state index contributed by atoms with van der Waals surface area (Å²) in [5, 5.41) is 12.0. The molecule has 0 spiro atoms. The van der Waals surface area contributed by atoms with Crippen molar-refractivity contribution in [2.75, 3.05) is 7.11 Å². The summed E-state index contributed by atoms with van der Waals surface area (Å²) in [6.45, 7) is 10.4. The smallest absolute Gasteiger partial charge is 0.221 e. The fourth-order valence-electron chi connectivity index (χ4n) is 5.03. The molecule has 5 aromatic carbocycles. The van der Waals surface area contributed by atoms with Crippen LogP contribution < -0.4 is 0 Å². The summed E-state index contributed by atoms with van der Waals surface area (Å²) in [7, 11) is 1.64. The molecule has 0 saturated heterocycles. The highest BCUT2D eigenvalue weighted by Crippen LogP contribution is 2.41. The molecule has 4 nitrogen and oxygen atoms in total. The molecule has 41 heavy (non-hydrogen) atoms. The van der Waals surface area contributed by atoms with Gasteiger partial charge in [-0.1, -0.05) is 116 Å². The molecule has 0 amide bonds. The second kappa shape index (κ2) is 12.3. The molecule has 0 fully saturated rings. The van der Waals surface area contributed by atoms with Gasteiger partial charge < -0.3 is 9.47 Å². The third-order valence-corrected chi connectivity index (χ3v) is 7.18. The predicted octanol–water partition coefficient (Wildman–Crippen LogP) is 9.57. The molecule has 1 aliphatic heterocycles. The van der Waals surface area contributed by atoms with Crippen molar-refractivity contribution in [3.05, 3.63) is 151 Å². The number of hydrogen-bond donors (Lipinski definition) is 1. The van der Waals surface area contributed by atoms with Gasteiger partial charge in [-0.2, -0.15) is 0 Å². The molecule has 5 aromatic rings. The molecule has 0 aliphatic carbocycles. The zero-order valence-electron chi connectivity index (χ0n) is 23.4. The van der Waals surface area contributed by atoms with E-state index in [2.05, 4.69) is 92.0 Å². The van der Waals surface area contributed by atoms with Crippen LogP contribution in [-0.2, 0) is 16.1 Å². The minimum Gasteiger partial charge on any atom is -0.481 e. The highest BCUT2D eigenvalue weighted by Gasteiger charge is 2.16. The van der Waals surface area contributed by atoms with E-state index >= 15 is 0 Å². The minimum absolute atomic E-state index is 0.301. The molecular weight excluding hydrogens is 504 g/mol. The Morgan fingerprint density at radius 3 is 2.12 bits per heavy atom. The van der Waals surface area contributed by atoms with Crippen LogP contribution in [0.25, 0.3) is 32.7 Å². The van der Waals surface area contributed by atoms with E-state index in [9.17, 15) is 0 Å². The summed E-state index contributed by atoms with van der Waals surface area (Å²) in [6.07, 6.45) is 3.55. The molecule has 0 radical (unpaired) electrons. The molecular formula is C37H32N2O2. The molecule has 1 aliphatic rings. The van der Waals surface area contributed by atoms with Crippen molar-refractivity contribution in [2.45, 2.75) is 13.5 Å². The van der Waals surface area contributed by atoms with Gasteiger partial charge in [0.2, 0.25) is 11.8 Å². The van der Waals surface area contributed by atoms with Crippen LogP contribution in [0.2, 0.25) is 0 Å². The van der Waals surface area contributed by atoms with Crippen molar-refractivity contribution < 1.29 is 9.47 Å². The number of hydrogen-bond acceptors (Lipinski definition) is 4. The Kier molecular flexibility index (Phi) is 8.21. The lowest BCUT2D eigenvalue weighted by atomic mass is 9.92. The average molecular weight is 537 g/mol. The largest absolute Gasteiger partial charge is 0.481 e. The van der Waals surface area contributed by atoms with Gasteiger partial charge in [0, 0.05) is 22.3 Å². The van der Waals surface area contributed by atoms with Crippen molar-refractivity contribution in [3.8, 4) is 11.1 Å². The summed E-state index contributed by atoms with van der Waals surface area (Å²) in [4.78, 5) is 4.97. The number of ether oxygens (including phenoxy) is 2. The summed E-state index contributed by atoms with van der Waals surface area (Å²) in [5.41, 5.74) is 6.92. The number of rotatable bonds is 5. The van der Waals surface area contributed by atoms with Crippen LogP contribution in [0.1, 0.15) is 18.1 Å². The van der Waals surface area contributed by atoms with E-state index in [4.69, 9.17) is 19.9 Å². The first kappa shape index (κ1) is 27.4. The lowest BCUT2D eigenvalue weighted by Crippen LogP contribution is -2.05. The molecule has 4 heteroatoms. The van der Waals surface area contributed by atoms with E-state index in [-0.39, 0.29) is 0 Å². The SMILES string of the molecule is C=C/C(C)=C(\C=C)C(=Nc1ccc2ccccc2c1-c1cccc2ccccc12)OC.N=C1OCc2ccccc21. The lowest BCUT2D eigenvalue weighted by molar-refractivity contribution is 0.310. The van der Waals surface area contributed by atoms with Crippen LogP contribution >= 0.6 is 0 Å². The molecule has 6 rings (SSSR count). The summed E-state index contributed by atoms with van der Waals surface area (Å²) in [5.74, 6) is 0.819. The normalized spacial score (nSPS) is 13.0. The number of nitrogens with one attached hydrogen (secondary N) is 1. The van der Waals surface area contributed by atoms with Crippen molar-refractivity contribution >= 4 is 39.0 Å². The molecule has 0 bridgehead atoms. The number of nitrogens with zero attached hydrogens (tertiary/aromatic N) is 1. The van der Waals surface area contributed by atoms with E-state index < -0.39 is 0 Å². The van der Waals surface area contributed by atoms with Crippen LogP contribution in [0, 0.1) is 5.41 Å². The van der Waals surface area contributed by atoms with Crippen LogP contribution in [-0.4, -0.2) is 18.9 Å². The first-order valence-electron chi connectivity index (χ1n) is 13.4. The van der Waals surface area contributed by atoms with Gasteiger partial charge in [-0.25, -0.2) is 4.99 Å². The van der Waals surface area contributed by atoms with Gasteiger partial charge >= 0.3 is 0 Å². The van der Waals surface area contributed by atoms with Gasteiger partial charge in [0.05, 0.1) is 12.8 Å². The van der Waals surface area contributed by atoms with E-state index in [1.54, 1.807) is 19.3 Å². The summed E-state index contributed by atoms with van der Waals surface area (Å²) < 4.78 is 10.7. The van der Waals surface area contributed by atoms with E-state index in [0.717, 1.165) is 44.5 Å². The van der Waals surface area contributed by atoms with Gasteiger partial charge in [0.15, 0.2) is 0 Å². The fourth-order valence-corrected chi connectivity index (χ4v) is 5.03. The molecule has 0 atom stereocenters. The van der Waals surface area contributed by atoms with Crippen LogP contribution in [0.15, 0.2) is 145 Å². The van der Waals surface area contributed by atoms with Crippen molar-refractivity contribution in [1.29, 1.82) is 5.41 Å². The first-order chi connectivity index (χ1) is 20.0. The highest BCUT2D eigenvalue weighted by molar-refractivity contribution is 6.10. The Labute approximate surface area is 241 Å².